The van der Waals surface area contributed by atoms with Crippen molar-refractivity contribution in [3.05, 3.63) is 53.2 Å². The molecule has 2 aromatic carbocycles. The van der Waals surface area contributed by atoms with Crippen molar-refractivity contribution in [2.75, 3.05) is 45.2 Å². The van der Waals surface area contributed by atoms with Gasteiger partial charge in [0.25, 0.3) is 0 Å². The standard InChI is InChI=1S/C32H35ClF2N6O3/c1-32(2,3)44-31(42)41-15-20(16-41)40(5)29-22-14-36-27(21-10-6-8-18-11-12-23(34)25(33)24(18)21)26(35)28(22)37-30(38-29)43-17-19-9-7-13-39(19)4/h6,8,10-12,14,19-20H,7,9,13,15-17H2,1-5H3/t19-/m0/s1. The highest BCUT2D eigenvalue weighted by atomic mass is 35.5. The lowest BCUT2D eigenvalue weighted by molar-refractivity contribution is 0.00847. The lowest BCUT2D eigenvalue weighted by Gasteiger charge is -2.44. The second-order valence-electron chi connectivity index (χ2n) is 12.5. The number of amides is 1. The monoisotopic (exact) mass is 624 g/mol. The highest BCUT2D eigenvalue weighted by Crippen LogP contribution is 2.38. The molecule has 9 nitrogen and oxygen atoms in total. The number of benzene rings is 2. The molecule has 12 heteroatoms. The molecule has 1 amide bonds. The largest absolute Gasteiger partial charge is 0.462 e. The van der Waals surface area contributed by atoms with Gasteiger partial charge in [-0.25, -0.2) is 13.6 Å². The molecule has 0 spiro atoms. The van der Waals surface area contributed by atoms with Crippen LogP contribution in [0.5, 0.6) is 6.01 Å². The van der Waals surface area contributed by atoms with E-state index in [1.54, 1.807) is 29.2 Å². The van der Waals surface area contributed by atoms with Gasteiger partial charge in [0.15, 0.2) is 5.82 Å². The second kappa shape index (κ2) is 11.6. The molecular weight excluding hydrogens is 590 g/mol. The van der Waals surface area contributed by atoms with Crippen molar-refractivity contribution in [1.82, 2.24) is 24.8 Å². The number of nitrogens with zero attached hydrogens (tertiary/aromatic N) is 6. The van der Waals surface area contributed by atoms with Crippen LogP contribution in [0.15, 0.2) is 36.5 Å². The smallest absolute Gasteiger partial charge is 0.410 e. The molecule has 6 rings (SSSR count). The number of anilines is 1. The van der Waals surface area contributed by atoms with Crippen LogP contribution in [0, 0.1) is 11.6 Å². The Morgan fingerprint density at radius 3 is 2.64 bits per heavy atom. The number of carbonyl (C=O) groups excluding carboxylic acids is 1. The number of rotatable bonds is 6. The summed E-state index contributed by atoms with van der Waals surface area (Å²) in [6, 6.07) is 8.21. The van der Waals surface area contributed by atoms with E-state index in [0.29, 0.717) is 47.2 Å². The Kier molecular flexibility index (Phi) is 7.96. The van der Waals surface area contributed by atoms with Crippen LogP contribution in [0.1, 0.15) is 33.6 Å². The molecule has 0 aliphatic carbocycles. The summed E-state index contributed by atoms with van der Waals surface area (Å²) >= 11 is 6.37. The van der Waals surface area contributed by atoms with Gasteiger partial charge in [0.05, 0.1) is 16.5 Å². The second-order valence-corrected chi connectivity index (χ2v) is 12.9. The fraction of sp³-hybridized carbons (Fsp3) is 0.438. The maximum absolute atomic E-state index is 16.5. The zero-order chi connectivity index (χ0) is 31.3. The summed E-state index contributed by atoms with van der Waals surface area (Å²) in [5, 5.41) is 1.30. The zero-order valence-corrected chi connectivity index (χ0v) is 26.2. The van der Waals surface area contributed by atoms with E-state index in [-0.39, 0.29) is 40.4 Å². The molecule has 232 valence electrons. The number of halogens is 3. The Morgan fingerprint density at radius 2 is 1.93 bits per heavy atom. The van der Waals surface area contributed by atoms with Crippen LogP contribution < -0.4 is 9.64 Å². The normalized spacial score (nSPS) is 17.7. The first kappa shape index (κ1) is 30.2. The van der Waals surface area contributed by atoms with E-state index in [1.807, 2.05) is 39.8 Å². The van der Waals surface area contributed by atoms with Crippen LogP contribution in [0.25, 0.3) is 32.9 Å². The quantitative estimate of drug-likeness (QED) is 0.247. The molecule has 2 aliphatic rings. The highest BCUT2D eigenvalue weighted by molar-refractivity contribution is 6.36. The van der Waals surface area contributed by atoms with Gasteiger partial charge in [0, 0.05) is 43.3 Å². The van der Waals surface area contributed by atoms with Gasteiger partial charge in [0.2, 0.25) is 0 Å². The lowest BCUT2D eigenvalue weighted by Crippen LogP contribution is -2.61. The van der Waals surface area contributed by atoms with Crippen molar-refractivity contribution >= 4 is 45.2 Å². The molecule has 0 bridgehead atoms. The summed E-state index contributed by atoms with van der Waals surface area (Å²) < 4.78 is 42.6. The third-order valence-electron chi connectivity index (χ3n) is 8.31. The molecule has 2 saturated heterocycles. The molecule has 0 N–H and O–H groups in total. The van der Waals surface area contributed by atoms with Gasteiger partial charge >= 0.3 is 12.1 Å². The van der Waals surface area contributed by atoms with Gasteiger partial charge in [-0.05, 0) is 58.7 Å². The highest BCUT2D eigenvalue weighted by Gasteiger charge is 2.37. The van der Waals surface area contributed by atoms with Crippen LogP contribution in [0.3, 0.4) is 0 Å². The third kappa shape index (κ3) is 5.70. The molecule has 44 heavy (non-hydrogen) atoms. The fourth-order valence-electron chi connectivity index (χ4n) is 5.76. The molecule has 2 aliphatic heterocycles. The SMILES string of the molecule is CN(c1nc(OC[C@@H]2CCCN2C)nc2c(F)c(-c3cccc4ccc(F)c(Cl)c34)ncc12)C1CN(C(=O)OC(C)(C)C)C1. The average molecular weight is 625 g/mol. The van der Waals surface area contributed by atoms with Gasteiger partial charge in [-0.2, -0.15) is 9.97 Å². The van der Waals surface area contributed by atoms with Crippen molar-refractivity contribution < 1.29 is 23.0 Å². The van der Waals surface area contributed by atoms with Gasteiger partial charge < -0.3 is 24.2 Å². The number of pyridine rings is 1. The van der Waals surface area contributed by atoms with E-state index >= 15 is 4.39 Å². The topological polar surface area (TPSA) is 83.9 Å². The molecular formula is C32H35ClF2N6O3. The van der Waals surface area contributed by atoms with Gasteiger partial charge in [-0.15, -0.1) is 0 Å². The number of hydrogen-bond acceptors (Lipinski definition) is 8. The molecule has 1 atom stereocenters. The minimum Gasteiger partial charge on any atom is -0.462 e. The van der Waals surface area contributed by atoms with Crippen molar-refractivity contribution in [1.29, 1.82) is 0 Å². The average Bonchev–Trinajstić information content (AvgIpc) is 3.36. The number of aromatic nitrogens is 3. The summed E-state index contributed by atoms with van der Waals surface area (Å²) in [5.74, 6) is -0.870. The molecule has 0 radical (unpaired) electrons. The predicted octanol–water partition coefficient (Wildman–Crippen LogP) is 6.31. The van der Waals surface area contributed by atoms with E-state index in [0.717, 1.165) is 19.4 Å². The van der Waals surface area contributed by atoms with Crippen LogP contribution in [0.2, 0.25) is 5.02 Å². The van der Waals surface area contributed by atoms with Crippen molar-refractivity contribution in [2.24, 2.45) is 0 Å². The number of hydrogen-bond donors (Lipinski definition) is 0. The van der Waals surface area contributed by atoms with E-state index < -0.39 is 17.2 Å². The minimum absolute atomic E-state index is 0.0101. The number of likely N-dealkylation sites (tertiary alicyclic amines) is 2. The van der Waals surface area contributed by atoms with E-state index in [1.165, 1.54) is 12.3 Å². The number of likely N-dealkylation sites (N-methyl/N-ethyl adjacent to an activating group) is 2. The number of ether oxygens (including phenoxy) is 2. The Balaban J connectivity index is 1.39. The zero-order valence-electron chi connectivity index (χ0n) is 25.4. The first-order chi connectivity index (χ1) is 20.9. The first-order valence-corrected chi connectivity index (χ1v) is 15.1. The molecule has 2 fully saturated rings. The van der Waals surface area contributed by atoms with Gasteiger partial charge in [-0.3, -0.25) is 4.98 Å². The third-order valence-corrected chi connectivity index (χ3v) is 8.68. The van der Waals surface area contributed by atoms with Crippen LogP contribution in [0.4, 0.5) is 19.4 Å². The first-order valence-electron chi connectivity index (χ1n) is 14.7. The number of fused-ring (bicyclic) bond motifs is 2. The van der Waals surface area contributed by atoms with E-state index in [2.05, 4.69) is 14.9 Å². The summed E-state index contributed by atoms with van der Waals surface area (Å²) in [4.78, 5) is 32.0. The van der Waals surface area contributed by atoms with Crippen molar-refractivity contribution in [3.63, 3.8) is 0 Å². The van der Waals surface area contributed by atoms with Crippen LogP contribution >= 0.6 is 11.6 Å². The molecule has 0 saturated carbocycles. The Bertz CT molecular complexity index is 1740. The predicted molar refractivity (Wildman–Crippen MR) is 166 cm³/mol. The van der Waals surface area contributed by atoms with Crippen LogP contribution in [-0.2, 0) is 4.74 Å². The summed E-state index contributed by atoms with van der Waals surface area (Å²) in [6.07, 6.45) is 3.19. The summed E-state index contributed by atoms with van der Waals surface area (Å²) in [7, 11) is 3.89. The Hall–Kier alpha value is -3.83. The van der Waals surface area contributed by atoms with Gasteiger partial charge in [0.1, 0.15) is 35.1 Å². The minimum atomic E-state index is -0.695. The fourth-order valence-corrected chi connectivity index (χ4v) is 6.03. The van der Waals surface area contributed by atoms with Gasteiger partial charge in [-0.1, -0.05) is 35.9 Å². The molecule has 4 heterocycles. The molecule has 2 aromatic heterocycles. The number of carbonyl (C=O) groups is 1. The van der Waals surface area contributed by atoms with E-state index in [9.17, 15) is 9.18 Å². The van der Waals surface area contributed by atoms with Crippen LogP contribution in [-0.4, -0.2) is 88.9 Å². The molecule has 4 aromatic rings. The van der Waals surface area contributed by atoms with Crippen molar-refractivity contribution in [3.8, 4) is 17.3 Å². The Morgan fingerprint density at radius 1 is 1.16 bits per heavy atom. The lowest BCUT2D eigenvalue weighted by atomic mass is 10.0. The maximum atomic E-state index is 16.5. The maximum Gasteiger partial charge on any atom is 0.410 e. The van der Waals surface area contributed by atoms with Crippen molar-refractivity contribution in [2.45, 2.75) is 51.3 Å². The molecule has 0 unspecified atom stereocenters. The Labute approximate surface area is 259 Å². The summed E-state index contributed by atoms with van der Waals surface area (Å²) in [5.41, 5.74) is -0.238. The summed E-state index contributed by atoms with van der Waals surface area (Å²) in [6.45, 7) is 7.63. The van der Waals surface area contributed by atoms with E-state index in [4.69, 9.17) is 26.1 Å².